The van der Waals surface area contributed by atoms with Gasteiger partial charge in [0.05, 0.1) is 31.0 Å². The van der Waals surface area contributed by atoms with E-state index in [1.54, 1.807) is 37.1 Å². The number of hydrogen-bond acceptors (Lipinski definition) is 9. The highest BCUT2D eigenvalue weighted by molar-refractivity contribution is 5.97. The first-order valence-corrected chi connectivity index (χ1v) is 15.3. The molecule has 242 valence electrons. The van der Waals surface area contributed by atoms with E-state index in [4.69, 9.17) is 19.3 Å². The predicted molar refractivity (Wildman–Crippen MR) is 167 cm³/mol. The van der Waals surface area contributed by atoms with E-state index in [1.165, 1.54) is 17.2 Å². The topological polar surface area (TPSA) is 148 Å². The Morgan fingerprint density at radius 1 is 1.00 bits per heavy atom. The number of nitrogens with zero attached hydrogens (tertiary/aromatic N) is 3. The average Bonchev–Trinajstić information content (AvgIpc) is 3.84. The van der Waals surface area contributed by atoms with Gasteiger partial charge in [0, 0.05) is 38.8 Å². The maximum atomic E-state index is 13.9. The number of carbonyl (C=O) groups excluding carboxylic acids is 3. The molecule has 2 unspecified atom stereocenters. The van der Waals surface area contributed by atoms with Gasteiger partial charge in [0.2, 0.25) is 5.91 Å². The molecule has 5 rings (SSSR count). The van der Waals surface area contributed by atoms with E-state index in [0.717, 1.165) is 17.5 Å². The third kappa shape index (κ3) is 8.26. The molecule has 0 bridgehead atoms. The Bertz CT molecular complexity index is 1540. The van der Waals surface area contributed by atoms with Gasteiger partial charge in [-0.1, -0.05) is 42.5 Å². The van der Waals surface area contributed by atoms with Crippen molar-refractivity contribution in [3.8, 4) is 11.3 Å². The molecule has 12 heteroatoms. The second-order valence-electron chi connectivity index (χ2n) is 11.4. The molecule has 2 aliphatic rings. The largest absolute Gasteiger partial charge is 0.527 e. The highest BCUT2D eigenvalue weighted by Crippen LogP contribution is 2.48. The number of pyridine rings is 1. The van der Waals surface area contributed by atoms with Gasteiger partial charge < -0.3 is 29.6 Å². The van der Waals surface area contributed by atoms with Crippen molar-refractivity contribution in [2.24, 2.45) is 5.92 Å². The molecule has 2 aromatic carbocycles. The Labute approximate surface area is 267 Å². The molecular weight excluding hydrogens is 592 g/mol. The number of benzene rings is 2. The minimum absolute atomic E-state index is 0.120. The summed E-state index contributed by atoms with van der Waals surface area (Å²) in [5.74, 6) is -1.25. The van der Waals surface area contributed by atoms with Gasteiger partial charge in [-0.3, -0.25) is 9.59 Å². The van der Waals surface area contributed by atoms with Crippen LogP contribution in [0.2, 0.25) is 0 Å². The highest BCUT2D eigenvalue weighted by atomic mass is 16.8. The summed E-state index contributed by atoms with van der Waals surface area (Å²) < 4.78 is 10.2. The minimum atomic E-state index is -1.06. The van der Waals surface area contributed by atoms with Crippen molar-refractivity contribution in [3.05, 3.63) is 89.1 Å². The molecule has 2 fully saturated rings. The van der Waals surface area contributed by atoms with E-state index in [0.29, 0.717) is 23.8 Å². The third-order valence-electron chi connectivity index (χ3n) is 8.14. The monoisotopic (exact) mass is 630 g/mol. The van der Waals surface area contributed by atoms with Crippen LogP contribution >= 0.6 is 0 Å². The number of aromatic nitrogens is 1. The van der Waals surface area contributed by atoms with Crippen LogP contribution in [0.3, 0.4) is 0 Å². The summed E-state index contributed by atoms with van der Waals surface area (Å²) in [7, 11) is 1.68. The molecule has 0 radical (unpaired) electrons. The first-order chi connectivity index (χ1) is 22.2. The molecule has 0 spiro atoms. The van der Waals surface area contributed by atoms with Crippen LogP contribution in [0.5, 0.6) is 0 Å². The molecule has 1 aromatic heterocycles. The Kier molecular flexibility index (Phi) is 10.6. The molecule has 1 aliphatic carbocycles. The number of aromatic carboxylic acids is 1. The number of hydrogen-bond donors (Lipinski definition) is 2. The lowest BCUT2D eigenvalue weighted by molar-refractivity contribution is -0.157. The van der Waals surface area contributed by atoms with Gasteiger partial charge in [0.15, 0.2) is 0 Å². The molecule has 3 atom stereocenters. The molecule has 12 nitrogen and oxygen atoms in total. The summed E-state index contributed by atoms with van der Waals surface area (Å²) in [6.45, 7) is 3.56. The van der Waals surface area contributed by atoms with Crippen LogP contribution in [-0.4, -0.2) is 96.5 Å². The lowest BCUT2D eigenvalue weighted by atomic mass is 10.0. The maximum absolute atomic E-state index is 13.9. The van der Waals surface area contributed by atoms with Crippen LogP contribution in [0.25, 0.3) is 11.3 Å². The fourth-order valence-electron chi connectivity index (χ4n) is 5.61. The van der Waals surface area contributed by atoms with Crippen LogP contribution in [-0.2, 0) is 25.5 Å². The second-order valence-corrected chi connectivity index (χ2v) is 11.4. The summed E-state index contributed by atoms with van der Waals surface area (Å²) in [4.78, 5) is 62.4. The van der Waals surface area contributed by atoms with Crippen molar-refractivity contribution in [2.75, 3.05) is 46.5 Å². The van der Waals surface area contributed by atoms with E-state index < -0.39 is 24.1 Å². The van der Waals surface area contributed by atoms with E-state index in [9.17, 15) is 24.3 Å². The van der Waals surface area contributed by atoms with Crippen LogP contribution in [0.15, 0.2) is 66.7 Å². The van der Waals surface area contributed by atoms with Gasteiger partial charge in [0.25, 0.3) is 5.91 Å². The highest BCUT2D eigenvalue weighted by Gasteiger charge is 2.39. The standard InChI is InChI=1S/C34H38N4O8/c1-3-45-34(43)46-38-15-13-37(14-16-38)32(40)30(17-22-9-11-24(12-10-22)33(41)42)36-31(39)29-20-25(27-18-26(27)21-44-2)19-28(35-29)23-7-5-4-6-8-23/h4-12,19-20,26-27,30H,3,13-18,21H2,1-2H3,(H,36,39)(H,41,42)/t26?,27?,30-/m0/s1. The summed E-state index contributed by atoms with van der Waals surface area (Å²) >= 11 is 0. The molecular formula is C34H38N4O8. The van der Waals surface area contributed by atoms with Gasteiger partial charge >= 0.3 is 12.1 Å². The predicted octanol–water partition coefficient (Wildman–Crippen LogP) is 3.77. The molecule has 3 aromatic rings. The third-order valence-corrected chi connectivity index (χ3v) is 8.14. The zero-order valence-corrected chi connectivity index (χ0v) is 25.9. The zero-order valence-electron chi connectivity index (χ0n) is 25.9. The Hall–Kier alpha value is -4.81. The van der Waals surface area contributed by atoms with Gasteiger partial charge in [-0.15, -0.1) is 5.06 Å². The first kappa shape index (κ1) is 32.6. The Morgan fingerprint density at radius 2 is 1.72 bits per heavy atom. The summed E-state index contributed by atoms with van der Waals surface area (Å²) in [5, 5.41) is 13.7. The summed E-state index contributed by atoms with van der Waals surface area (Å²) in [6, 6.07) is 18.7. The van der Waals surface area contributed by atoms with Crippen molar-refractivity contribution in [2.45, 2.75) is 31.7 Å². The molecule has 1 saturated carbocycles. The molecule has 1 aliphatic heterocycles. The fourth-order valence-corrected chi connectivity index (χ4v) is 5.61. The lowest BCUT2D eigenvalue weighted by Crippen LogP contribution is -2.55. The van der Waals surface area contributed by atoms with E-state index in [2.05, 4.69) is 5.32 Å². The van der Waals surface area contributed by atoms with Crippen molar-refractivity contribution in [3.63, 3.8) is 0 Å². The smallest absolute Gasteiger partial charge is 0.478 e. The van der Waals surface area contributed by atoms with E-state index in [-0.39, 0.29) is 62.3 Å². The number of methoxy groups -OCH3 is 1. The van der Waals surface area contributed by atoms with Crippen LogP contribution < -0.4 is 5.32 Å². The number of rotatable bonds is 12. The van der Waals surface area contributed by atoms with Gasteiger partial charge in [-0.25, -0.2) is 14.6 Å². The first-order valence-electron chi connectivity index (χ1n) is 15.3. The van der Waals surface area contributed by atoms with E-state index >= 15 is 0 Å². The Morgan fingerprint density at radius 3 is 2.37 bits per heavy atom. The van der Waals surface area contributed by atoms with Crippen LogP contribution in [0, 0.1) is 5.92 Å². The summed E-state index contributed by atoms with van der Waals surface area (Å²) in [6.07, 6.45) is 0.279. The van der Waals surface area contributed by atoms with E-state index in [1.807, 2.05) is 36.4 Å². The number of carbonyl (C=O) groups is 4. The second kappa shape index (κ2) is 15.0. The fraction of sp³-hybridized carbons (Fsp3) is 0.382. The number of carboxylic acids is 1. The van der Waals surface area contributed by atoms with Gasteiger partial charge in [0.1, 0.15) is 11.7 Å². The van der Waals surface area contributed by atoms with Crippen molar-refractivity contribution in [1.82, 2.24) is 20.3 Å². The quantitative estimate of drug-likeness (QED) is 0.284. The number of amides is 2. The van der Waals surface area contributed by atoms with Crippen molar-refractivity contribution >= 4 is 23.9 Å². The lowest BCUT2D eigenvalue weighted by Gasteiger charge is -2.35. The average molecular weight is 631 g/mol. The van der Waals surface area contributed by atoms with Crippen molar-refractivity contribution < 1.29 is 38.6 Å². The minimum Gasteiger partial charge on any atom is -0.478 e. The van der Waals surface area contributed by atoms with Crippen molar-refractivity contribution in [1.29, 1.82) is 0 Å². The maximum Gasteiger partial charge on any atom is 0.527 e. The number of nitrogens with one attached hydrogen (secondary N) is 1. The van der Waals surface area contributed by atoms with Crippen LogP contribution in [0.4, 0.5) is 4.79 Å². The molecule has 46 heavy (non-hydrogen) atoms. The van der Waals surface area contributed by atoms with Gasteiger partial charge in [-0.05, 0) is 60.6 Å². The molecule has 2 N–H and O–H groups in total. The molecule has 2 amide bonds. The number of hydroxylamine groups is 2. The normalized spacial score (nSPS) is 18.3. The SMILES string of the molecule is CCOC(=O)ON1CCN(C(=O)[C@H](Cc2ccc(C(=O)O)cc2)NC(=O)c2cc(C3CC3COC)cc(-c3ccccc3)n2)CC1. The van der Waals surface area contributed by atoms with Gasteiger partial charge in [-0.2, -0.15) is 0 Å². The molecule has 2 heterocycles. The van der Waals surface area contributed by atoms with Crippen LogP contribution in [0.1, 0.15) is 51.2 Å². The molecule has 1 saturated heterocycles. The Balaban J connectivity index is 1.37. The zero-order chi connectivity index (χ0) is 32.6. The summed E-state index contributed by atoms with van der Waals surface area (Å²) in [5.41, 5.74) is 3.53. The number of carboxylic acid groups (broad SMARTS) is 1. The number of ether oxygens (including phenoxy) is 2. The number of piperazine rings is 1.